The molecule has 4 heteroatoms. The third kappa shape index (κ3) is 3.19. The molecule has 0 saturated carbocycles. The second-order valence-corrected chi connectivity index (χ2v) is 4.58. The summed E-state index contributed by atoms with van der Waals surface area (Å²) >= 11 is 5.28. The summed E-state index contributed by atoms with van der Waals surface area (Å²) in [7, 11) is 0. The summed E-state index contributed by atoms with van der Waals surface area (Å²) < 4.78 is 2.83. The standard InChI is InChI=1S/C12H22N2OS/c1-3-5-7-10(6-4-2)14-11(9-15)8-13-12(14)16/h8,10,15H,3-7,9H2,1-2H3,(H,13,16). The SMILES string of the molecule is CCCCC(CCC)n1c(CO)c[nH]c1=S. The van der Waals surface area contributed by atoms with Gasteiger partial charge in [0.1, 0.15) is 0 Å². The Morgan fingerprint density at radius 1 is 1.38 bits per heavy atom. The molecule has 0 amide bonds. The molecule has 0 radical (unpaired) electrons. The van der Waals surface area contributed by atoms with E-state index in [2.05, 4.69) is 23.4 Å². The van der Waals surface area contributed by atoms with Crippen molar-refractivity contribution in [2.45, 2.75) is 58.6 Å². The summed E-state index contributed by atoms with van der Waals surface area (Å²) in [5.41, 5.74) is 0.902. The molecule has 3 nitrogen and oxygen atoms in total. The van der Waals surface area contributed by atoms with Gasteiger partial charge in [0.05, 0.1) is 12.3 Å². The smallest absolute Gasteiger partial charge is 0.177 e. The van der Waals surface area contributed by atoms with Gasteiger partial charge in [-0.05, 0) is 25.1 Å². The van der Waals surface area contributed by atoms with Crippen molar-refractivity contribution < 1.29 is 5.11 Å². The Labute approximate surface area is 103 Å². The van der Waals surface area contributed by atoms with Crippen LogP contribution in [-0.4, -0.2) is 14.7 Å². The van der Waals surface area contributed by atoms with Gasteiger partial charge in [0.15, 0.2) is 4.77 Å². The normalized spacial score (nSPS) is 12.9. The zero-order valence-electron chi connectivity index (χ0n) is 10.2. The minimum atomic E-state index is 0.0550. The van der Waals surface area contributed by atoms with Crippen molar-refractivity contribution in [3.05, 3.63) is 16.7 Å². The highest BCUT2D eigenvalue weighted by Crippen LogP contribution is 2.23. The first-order valence-electron chi connectivity index (χ1n) is 6.14. The number of nitrogens with zero attached hydrogens (tertiary/aromatic N) is 1. The monoisotopic (exact) mass is 242 g/mol. The summed E-state index contributed by atoms with van der Waals surface area (Å²) in [4.78, 5) is 3.02. The molecule has 16 heavy (non-hydrogen) atoms. The van der Waals surface area contributed by atoms with E-state index in [1.54, 1.807) is 0 Å². The number of H-pyrrole nitrogens is 1. The number of aliphatic hydroxyl groups is 1. The number of aromatic nitrogens is 2. The van der Waals surface area contributed by atoms with E-state index in [9.17, 15) is 5.11 Å². The molecule has 1 atom stereocenters. The number of imidazole rings is 1. The zero-order valence-corrected chi connectivity index (χ0v) is 11.0. The van der Waals surface area contributed by atoms with Crippen LogP contribution in [0.2, 0.25) is 0 Å². The Bertz CT molecular complexity index is 356. The van der Waals surface area contributed by atoms with Gasteiger partial charge >= 0.3 is 0 Å². The van der Waals surface area contributed by atoms with Gasteiger partial charge < -0.3 is 14.7 Å². The fourth-order valence-corrected chi connectivity index (χ4v) is 2.44. The fourth-order valence-electron chi connectivity index (χ4n) is 2.11. The van der Waals surface area contributed by atoms with E-state index >= 15 is 0 Å². The largest absolute Gasteiger partial charge is 0.390 e. The highest BCUT2D eigenvalue weighted by Gasteiger charge is 2.14. The summed E-state index contributed by atoms with van der Waals surface area (Å²) in [6.07, 6.45) is 7.64. The summed E-state index contributed by atoms with van der Waals surface area (Å²) in [5.74, 6) is 0. The van der Waals surface area contributed by atoms with Crippen molar-refractivity contribution >= 4 is 12.2 Å². The zero-order chi connectivity index (χ0) is 12.0. The van der Waals surface area contributed by atoms with Crippen molar-refractivity contribution in [1.29, 1.82) is 0 Å². The van der Waals surface area contributed by atoms with Gasteiger partial charge in [-0.2, -0.15) is 0 Å². The molecule has 0 aliphatic heterocycles. The third-order valence-electron chi connectivity index (χ3n) is 2.93. The Kier molecular flexibility index (Phi) is 5.77. The Morgan fingerprint density at radius 2 is 2.12 bits per heavy atom. The van der Waals surface area contributed by atoms with Crippen molar-refractivity contribution in [2.75, 3.05) is 0 Å². The minimum Gasteiger partial charge on any atom is -0.390 e. The molecule has 1 aromatic rings. The van der Waals surface area contributed by atoms with Crippen molar-refractivity contribution in [3.8, 4) is 0 Å². The quantitative estimate of drug-likeness (QED) is 0.718. The van der Waals surface area contributed by atoms with Crippen LogP contribution >= 0.6 is 12.2 Å². The van der Waals surface area contributed by atoms with Crippen LogP contribution in [0.5, 0.6) is 0 Å². The maximum Gasteiger partial charge on any atom is 0.177 e. The van der Waals surface area contributed by atoms with Crippen molar-refractivity contribution in [2.24, 2.45) is 0 Å². The van der Waals surface area contributed by atoms with Crippen LogP contribution in [0.15, 0.2) is 6.20 Å². The molecule has 0 fully saturated rings. The molecule has 0 aliphatic rings. The van der Waals surface area contributed by atoms with Gasteiger partial charge in [-0.15, -0.1) is 0 Å². The average molecular weight is 242 g/mol. The minimum absolute atomic E-state index is 0.0550. The molecule has 0 saturated heterocycles. The molecule has 0 bridgehead atoms. The number of rotatable bonds is 7. The van der Waals surface area contributed by atoms with Gasteiger partial charge in [-0.1, -0.05) is 33.1 Å². The van der Waals surface area contributed by atoms with Gasteiger partial charge in [0.2, 0.25) is 0 Å². The summed E-state index contributed by atoms with van der Waals surface area (Å²) in [5, 5.41) is 9.29. The maximum atomic E-state index is 9.29. The number of aromatic amines is 1. The second-order valence-electron chi connectivity index (χ2n) is 4.20. The van der Waals surface area contributed by atoms with Crippen LogP contribution in [-0.2, 0) is 6.61 Å². The Balaban J connectivity index is 2.89. The van der Waals surface area contributed by atoms with Gasteiger partial charge in [0.25, 0.3) is 0 Å². The lowest BCUT2D eigenvalue weighted by molar-refractivity contribution is 0.261. The third-order valence-corrected chi connectivity index (χ3v) is 3.24. The van der Waals surface area contributed by atoms with Crippen molar-refractivity contribution in [1.82, 2.24) is 9.55 Å². The van der Waals surface area contributed by atoms with Crippen molar-refractivity contribution in [3.63, 3.8) is 0 Å². The molecule has 0 spiro atoms. The summed E-state index contributed by atoms with van der Waals surface area (Å²) in [6, 6.07) is 0.436. The van der Waals surface area contributed by atoms with E-state index in [1.165, 1.54) is 12.8 Å². The molecule has 1 unspecified atom stereocenters. The lowest BCUT2D eigenvalue weighted by Gasteiger charge is -2.19. The highest BCUT2D eigenvalue weighted by molar-refractivity contribution is 7.71. The van der Waals surface area contributed by atoms with E-state index < -0.39 is 0 Å². The van der Waals surface area contributed by atoms with E-state index in [1.807, 2.05) is 6.20 Å². The number of hydrogen-bond donors (Lipinski definition) is 2. The van der Waals surface area contributed by atoms with Gasteiger partial charge in [0, 0.05) is 12.2 Å². The first kappa shape index (κ1) is 13.5. The van der Waals surface area contributed by atoms with Crippen LogP contribution in [0.3, 0.4) is 0 Å². The molecular formula is C12H22N2OS. The lowest BCUT2D eigenvalue weighted by Crippen LogP contribution is -2.12. The number of hydrogen-bond acceptors (Lipinski definition) is 2. The Morgan fingerprint density at radius 3 is 2.69 bits per heavy atom. The summed E-state index contributed by atoms with van der Waals surface area (Å²) in [6.45, 7) is 4.44. The van der Waals surface area contributed by atoms with Crippen LogP contribution in [0.25, 0.3) is 0 Å². The van der Waals surface area contributed by atoms with Gasteiger partial charge in [-0.3, -0.25) is 0 Å². The van der Waals surface area contributed by atoms with Crippen LogP contribution in [0.1, 0.15) is 57.7 Å². The first-order valence-corrected chi connectivity index (χ1v) is 6.55. The predicted molar refractivity (Wildman–Crippen MR) is 69.0 cm³/mol. The molecule has 0 aliphatic carbocycles. The molecule has 2 N–H and O–H groups in total. The topological polar surface area (TPSA) is 41.0 Å². The molecule has 1 aromatic heterocycles. The molecule has 1 heterocycles. The molecular weight excluding hydrogens is 220 g/mol. The molecule has 1 rings (SSSR count). The van der Waals surface area contributed by atoms with E-state index in [4.69, 9.17) is 12.2 Å². The van der Waals surface area contributed by atoms with E-state index in [0.29, 0.717) is 6.04 Å². The van der Waals surface area contributed by atoms with Crippen LogP contribution < -0.4 is 0 Å². The number of unbranched alkanes of at least 4 members (excludes halogenated alkanes) is 1. The molecule has 92 valence electrons. The number of nitrogens with one attached hydrogen (secondary N) is 1. The Hall–Kier alpha value is -0.610. The van der Waals surface area contributed by atoms with Gasteiger partial charge in [-0.25, -0.2) is 0 Å². The maximum absolute atomic E-state index is 9.29. The highest BCUT2D eigenvalue weighted by atomic mass is 32.1. The molecule has 0 aromatic carbocycles. The fraction of sp³-hybridized carbons (Fsp3) is 0.750. The first-order chi connectivity index (χ1) is 7.74. The lowest BCUT2D eigenvalue weighted by atomic mass is 10.0. The van der Waals surface area contributed by atoms with Crippen LogP contribution in [0, 0.1) is 4.77 Å². The number of aliphatic hydroxyl groups excluding tert-OH is 1. The van der Waals surface area contributed by atoms with Crippen LogP contribution in [0.4, 0.5) is 0 Å². The van der Waals surface area contributed by atoms with E-state index in [0.717, 1.165) is 29.7 Å². The predicted octanol–water partition coefficient (Wildman–Crippen LogP) is 3.57. The van der Waals surface area contributed by atoms with E-state index in [-0.39, 0.29) is 6.61 Å². The average Bonchev–Trinajstić information content (AvgIpc) is 2.66. The second kappa shape index (κ2) is 6.86.